The number of halogens is 2. The number of nitrogens with two attached hydrogens (primary N) is 1. The molecule has 0 aliphatic carbocycles. The molecule has 1 aliphatic rings. The van der Waals surface area contributed by atoms with E-state index < -0.39 is 6.43 Å². The third-order valence-corrected chi connectivity index (χ3v) is 4.17. The maximum Gasteiger partial charge on any atom is 0.263 e. The van der Waals surface area contributed by atoms with E-state index in [2.05, 4.69) is 18.7 Å². The molecular weight excluding hydrogens is 258 g/mol. The van der Waals surface area contributed by atoms with Gasteiger partial charge in [-0.05, 0) is 30.4 Å². The summed E-state index contributed by atoms with van der Waals surface area (Å²) in [6.45, 7) is 7.09. The second kappa shape index (κ2) is 6.19. The van der Waals surface area contributed by atoms with E-state index in [1.807, 2.05) is 0 Å². The minimum Gasteiger partial charge on any atom is -0.329 e. The summed E-state index contributed by atoms with van der Waals surface area (Å²) in [5.41, 5.74) is 7.34. The Bertz CT molecular complexity index is 429. The molecule has 1 aromatic rings. The first-order chi connectivity index (χ1) is 9.43. The Morgan fingerprint density at radius 3 is 2.30 bits per heavy atom. The summed E-state index contributed by atoms with van der Waals surface area (Å²) in [7, 11) is 0. The Balaban J connectivity index is 2.15. The van der Waals surface area contributed by atoms with Crippen LogP contribution in [0.3, 0.4) is 0 Å². The van der Waals surface area contributed by atoms with Crippen molar-refractivity contribution in [2.24, 2.45) is 11.1 Å². The van der Waals surface area contributed by atoms with Gasteiger partial charge >= 0.3 is 0 Å². The molecule has 1 heterocycles. The van der Waals surface area contributed by atoms with Crippen LogP contribution in [0.15, 0.2) is 24.3 Å². The van der Waals surface area contributed by atoms with E-state index in [1.165, 1.54) is 25.0 Å². The van der Waals surface area contributed by atoms with Gasteiger partial charge in [0.1, 0.15) is 0 Å². The van der Waals surface area contributed by atoms with E-state index in [-0.39, 0.29) is 11.6 Å². The highest BCUT2D eigenvalue weighted by atomic mass is 19.3. The number of likely N-dealkylation sites (tertiary alicyclic amines) is 1. The van der Waals surface area contributed by atoms with Gasteiger partial charge in [-0.15, -0.1) is 0 Å². The number of piperidine rings is 1. The largest absolute Gasteiger partial charge is 0.329 e. The predicted molar refractivity (Wildman–Crippen MR) is 77.8 cm³/mol. The summed E-state index contributed by atoms with van der Waals surface area (Å²) in [6, 6.07) is 6.73. The van der Waals surface area contributed by atoms with Crippen LogP contribution in [0.1, 0.15) is 50.3 Å². The minimum absolute atomic E-state index is 0.0727. The van der Waals surface area contributed by atoms with E-state index in [0.717, 1.165) is 18.7 Å². The van der Waals surface area contributed by atoms with Gasteiger partial charge in [-0.2, -0.15) is 0 Å². The zero-order chi connectivity index (χ0) is 14.8. The summed E-state index contributed by atoms with van der Waals surface area (Å²) >= 11 is 0. The molecule has 1 saturated heterocycles. The molecule has 20 heavy (non-hydrogen) atoms. The Morgan fingerprint density at radius 1 is 1.20 bits per heavy atom. The van der Waals surface area contributed by atoms with Crippen molar-refractivity contribution in [2.75, 3.05) is 19.6 Å². The van der Waals surface area contributed by atoms with Gasteiger partial charge in [-0.3, -0.25) is 4.90 Å². The Hall–Kier alpha value is -1.00. The Morgan fingerprint density at radius 2 is 1.80 bits per heavy atom. The van der Waals surface area contributed by atoms with Crippen molar-refractivity contribution < 1.29 is 8.78 Å². The van der Waals surface area contributed by atoms with E-state index in [9.17, 15) is 8.78 Å². The van der Waals surface area contributed by atoms with Crippen LogP contribution >= 0.6 is 0 Å². The fourth-order valence-electron chi connectivity index (χ4n) is 3.09. The lowest BCUT2D eigenvalue weighted by molar-refractivity contribution is 0.0806. The number of benzene rings is 1. The molecule has 1 fully saturated rings. The molecule has 0 bridgehead atoms. The molecule has 0 amide bonds. The average Bonchev–Trinajstić information content (AvgIpc) is 2.39. The van der Waals surface area contributed by atoms with Crippen LogP contribution in [0, 0.1) is 5.41 Å². The molecule has 2 rings (SSSR count). The van der Waals surface area contributed by atoms with Crippen molar-refractivity contribution in [3.05, 3.63) is 35.4 Å². The molecule has 0 aromatic heterocycles. The quantitative estimate of drug-likeness (QED) is 0.911. The van der Waals surface area contributed by atoms with Crippen LogP contribution in [-0.4, -0.2) is 24.5 Å². The molecule has 0 saturated carbocycles. The van der Waals surface area contributed by atoms with Crippen molar-refractivity contribution in [1.82, 2.24) is 4.90 Å². The number of hydrogen-bond acceptors (Lipinski definition) is 2. The summed E-state index contributed by atoms with van der Waals surface area (Å²) in [5, 5.41) is 0. The highest BCUT2D eigenvalue weighted by Crippen LogP contribution is 2.33. The lowest BCUT2D eigenvalue weighted by Crippen LogP contribution is -2.44. The minimum atomic E-state index is -2.41. The molecule has 4 heteroatoms. The first-order valence-electron chi connectivity index (χ1n) is 7.25. The molecule has 112 valence electrons. The number of rotatable bonds is 4. The van der Waals surface area contributed by atoms with E-state index >= 15 is 0 Å². The maximum absolute atomic E-state index is 12.6. The van der Waals surface area contributed by atoms with Gasteiger partial charge in [0.05, 0.1) is 0 Å². The second-order valence-electron chi connectivity index (χ2n) is 6.46. The summed E-state index contributed by atoms with van der Waals surface area (Å²) in [4.78, 5) is 2.39. The molecular formula is C16H24F2N2. The molecule has 1 aliphatic heterocycles. The fourth-order valence-corrected chi connectivity index (χ4v) is 3.09. The van der Waals surface area contributed by atoms with Gasteiger partial charge < -0.3 is 5.73 Å². The number of hydrogen-bond donors (Lipinski definition) is 1. The molecule has 0 spiro atoms. The molecule has 1 unspecified atom stereocenters. The standard InChI is InChI=1S/C16H24F2N2/c1-16(2)8-3-9-20(11-16)14(10-19)12-4-6-13(7-5-12)15(17)18/h4-7,14-15H,3,8-11,19H2,1-2H3. The predicted octanol–water partition coefficient (Wildman–Crippen LogP) is 3.75. The summed E-state index contributed by atoms with van der Waals surface area (Å²) in [6.07, 6.45) is -0.0155. The normalized spacial score (nSPS) is 21.1. The van der Waals surface area contributed by atoms with E-state index in [0.29, 0.717) is 12.0 Å². The van der Waals surface area contributed by atoms with Crippen molar-refractivity contribution in [1.29, 1.82) is 0 Å². The first-order valence-corrected chi connectivity index (χ1v) is 7.25. The Kier molecular flexibility index (Phi) is 4.76. The van der Waals surface area contributed by atoms with E-state index in [1.54, 1.807) is 12.1 Å². The van der Waals surface area contributed by atoms with E-state index in [4.69, 9.17) is 5.73 Å². The third-order valence-electron chi connectivity index (χ3n) is 4.17. The maximum atomic E-state index is 12.6. The van der Waals surface area contributed by atoms with Gasteiger partial charge in [-0.1, -0.05) is 38.1 Å². The topological polar surface area (TPSA) is 29.3 Å². The molecule has 1 aromatic carbocycles. The highest BCUT2D eigenvalue weighted by Gasteiger charge is 2.30. The third kappa shape index (κ3) is 3.55. The smallest absolute Gasteiger partial charge is 0.263 e. The van der Waals surface area contributed by atoms with Crippen LogP contribution < -0.4 is 5.73 Å². The van der Waals surface area contributed by atoms with Gasteiger partial charge in [0.25, 0.3) is 6.43 Å². The lowest BCUT2D eigenvalue weighted by atomic mass is 9.83. The molecule has 2 nitrogen and oxygen atoms in total. The van der Waals surface area contributed by atoms with Gasteiger partial charge in [-0.25, -0.2) is 8.78 Å². The van der Waals surface area contributed by atoms with Gasteiger partial charge in [0, 0.05) is 24.7 Å². The SMILES string of the molecule is CC1(C)CCCN(C(CN)c2ccc(C(F)F)cc2)C1. The molecule has 2 N–H and O–H groups in total. The summed E-state index contributed by atoms with van der Waals surface area (Å²) < 4.78 is 25.2. The van der Waals surface area contributed by atoms with Crippen molar-refractivity contribution in [3.63, 3.8) is 0 Å². The average molecular weight is 282 g/mol. The van der Waals surface area contributed by atoms with Gasteiger partial charge in [0.2, 0.25) is 0 Å². The van der Waals surface area contributed by atoms with Crippen molar-refractivity contribution in [2.45, 2.75) is 39.2 Å². The number of alkyl halides is 2. The monoisotopic (exact) mass is 282 g/mol. The van der Waals surface area contributed by atoms with Crippen LogP contribution in [-0.2, 0) is 0 Å². The second-order valence-corrected chi connectivity index (χ2v) is 6.46. The van der Waals surface area contributed by atoms with Crippen LogP contribution in [0.25, 0.3) is 0 Å². The number of nitrogens with zero attached hydrogens (tertiary/aromatic N) is 1. The molecule has 0 radical (unpaired) electrons. The highest BCUT2D eigenvalue weighted by molar-refractivity contribution is 5.26. The van der Waals surface area contributed by atoms with Crippen LogP contribution in [0.4, 0.5) is 8.78 Å². The zero-order valence-electron chi connectivity index (χ0n) is 12.3. The zero-order valence-corrected chi connectivity index (χ0v) is 12.3. The van der Waals surface area contributed by atoms with Gasteiger partial charge in [0.15, 0.2) is 0 Å². The van der Waals surface area contributed by atoms with Crippen molar-refractivity contribution in [3.8, 4) is 0 Å². The molecule has 1 atom stereocenters. The summed E-state index contributed by atoms with van der Waals surface area (Å²) in [5.74, 6) is 0. The van der Waals surface area contributed by atoms with Crippen LogP contribution in [0.5, 0.6) is 0 Å². The van der Waals surface area contributed by atoms with Crippen LogP contribution in [0.2, 0.25) is 0 Å². The van der Waals surface area contributed by atoms with Crippen molar-refractivity contribution >= 4 is 0 Å². The lowest BCUT2D eigenvalue weighted by Gasteiger charge is -2.42. The Labute approximate surface area is 120 Å². The fraction of sp³-hybridized carbons (Fsp3) is 0.625. The first kappa shape index (κ1) is 15.4.